The lowest BCUT2D eigenvalue weighted by Gasteiger charge is -2.10. The summed E-state index contributed by atoms with van der Waals surface area (Å²) < 4.78 is 2.78. The van der Waals surface area contributed by atoms with Gasteiger partial charge in [0, 0.05) is 11.9 Å². The van der Waals surface area contributed by atoms with E-state index in [0.29, 0.717) is 25.0 Å². The van der Waals surface area contributed by atoms with Gasteiger partial charge >= 0.3 is 0 Å². The van der Waals surface area contributed by atoms with Crippen molar-refractivity contribution in [2.75, 3.05) is 11.9 Å². The van der Waals surface area contributed by atoms with E-state index in [1.807, 2.05) is 23.0 Å². The van der Waals surface area contributed by atoms with Crippen molar-refractivity contribution in [1.82, 2.24) is 9.78 Å². The average molecular weight is 478 g/mol. The molecule has 0 saturated carbocycles. The summed E-state index contributed by atoms with van der Waals surface area (Å²) in [6.45, 7) is 5.61. The molecule has 0 radical (unpaired) electrons. The summed E-state index contributed by atoms with van der Waals surface area (Å²) in [7, 11) is 0. The lowest BCUT2D eigenvalue weighted by atomic mass is 10.0. The molecule has 0 unspecified atom stereocenters. The van der Waals surface area contributed by atoms with Crippen LogP contribution in [0, 0.1) is 0 Å². The number of guanidine groups is 1. The van der Waals surface area contributed by atoms with E-state index in [-0.39, 0.29) is 24.0 Å². The van der Waals surface area contributed by atoms with Gasteiger partial charge in [-0.25, -0.2) is 0 Å². The quantitative estimate of drug-likeness (QED) is 0.391. The van der Waals surface area contributed by atoms with Crippen molar-refractivity contribution in [3.8, 4) is 0 Å². The lowest BCUT2D eigenvalue weighted by Crippen LogP contribution is -2.23. The molecule has 0 atom stereocenters. The van der Waals surface area contributed by atoms with Crippen molar-refractivity contribution in [3.05, 3.63) is 46.7 Å². The van der Waals surface area contributed by atoms with Crippen LogP contribution >= 0.6 is 39.9 Å². The summed E-state index contributed by atoms with van der Waals surface area (Å²) in [5.41, 5.74) is 8.14. The molecule has 7 heteroatoms. The number of hydrogen-bond donors (Lipinski definition) is 2. The number of anilines is 1. The molecule has 1 aromatic heterocycles. The monoisotopic (exact) mass is 477 g/mol. The van der Waals surface area contributed by atoms with Crippen LogP contribution in [-0.4, -0.2) is 22.3 Å². The Kier molecular flexibility index (Phi) is 7.88. The Balaban J connectivity index is 0.00000242. The lowest BCUT2D eigenvalue weighted by molar-refractivity contribution is 0.625. The Bertz CT molecular complexity index is 624. The number of aromatic nitrogens is 2. The zero-order valence-corrected chi connectivity index (χ0v) is 16.6. The summed E-state index contributed by atoms with van der Waals surface area (Å²) in [6, 6.07) is 8.21. The molecule has 22 heavy (non-hydrogen) atoms. The molecule has 0 bridgehead atoms. The maximum atomic E-state index is 5.90. The number of nitrogens with two attached hydrogens (primary N) is 1. The third-order valence-corrected chi connectivity index (χ3v) is 3.45. The number of halogens is 2. The van der Waals surface area contributed by atoms with Crippen LogP contribution in [0.5, 0.6) is 0 Å². The first kappa shape index (κ1) is 19.0. The molecule has 0 aliphatic carbocycles. The van der Waals surface area contributed by atoms with E-state index in [1.165, 1.54) is 5.56 Å². The fraction of sp³-hybridized carbons (Fsp3) is 0.333. The average Bonchev–Trinajstić information content (AvgIpc) is 2.84. The summed E-state index contributed by atoms with van der Waals surface area (Å²) in [6.07, 6.45) is 3.66. The Morgan fingerprint density at radius 2 is 2.23 bits per heavy atom. The summed E-state index contributed by atoms with van der Waals surface area (Å²) >= 11 is 3.36. The van der Waals surface area contributed by atoms with E-state index in [9.17, 15) is 0 Å². The predicted molar refractivity (Wildman–Crippen MR) is 106 cm³/mol. The van der Waals surface area contributed by atoms with E-state index in [0.717, 1.165) is 10.2 Å². The van der Waals surface area contributed by atoms with Crippen molar-refractivity contribution in [3.63, 3.8) is 0 Å². The molecule has 0 amide bonds. The molecule has 1 aromatic carbocycles. The molecule has 0 aliphatic rings. The molecule has 5 nitrogen and oxygen atoms in total. The van der Waals surface area contributed by atoms with Gasteiger partial charge in [-0.1, -0.05) is 26.0 Å². The summed E-state index contributed by atoms with van der Waals surface area (Å²) in [5, 5.41) is 7.28. The molecule has 0 aliphatic heterocycles. The van der Waals surface area contributed by atoms with E-state index in [2.05, 4.69) is 57.3 Å². The van der Waals surface area contributed by atoms with Crippen molar-refractivity contribution in [1.29, 1.82) is 0 Å². The van der Waals surface area contributed by atoms with Gasteiger partial charge in [-0.15, -0.1) is 24.0 Å². The highest BCUT2D eigenvalue weighted by Gasteiger charge is 2.01. The minimum atomic E-state index is 0. The largest absolute Gasteiger partial charge is 0.370 e. The van der Waals surface area contributed by atoms with Crippen molar-refractivity contribution < 1.29 is 0 Å². The summed E-state index contributed by atoms with van der Waals surface area (Å²) in [4.78, 5) is 4.31. The first-order valence-corrected chi connectivity index (χ1v) is 7.69. The van der Waals surface area contributed by atoms with Crippen LogP contribution in [0.25, 0.3) is 0 Å². The van der Waals surface area contributed by atoms with Crippen LogP contribution in [0.1, 0.15) is 25.3 Å². The van der Waals surface area contributed by atoms with Crippen LogP contribution in [0.2, 0.25) is 0 Å². The van der Waals surface area contributed by atoms with Crippen LogP contribution < -0.4 is 11.1 Å². The second kappa shape index (κ2) is 9.14. The Morgan fingerprint density at radius 1 is 1.45 bits per heavy atom. The maximum absolute atomic E-state index is 5.90. The Morgan fingerprint density at radius 3 is 2.86 bits per heavy atom. The predicted octanol–water partition coefficient (Wildman–Crippen LogP) is 3.81. The maximum Gasteiger partial charge on any atom is 0.193 e. The zero-order chi connectivity index (χ0) is 15.2. The first-order valence-electron chi connectivity index (χ1n) is 6.89. The molecule has 2 rings (SSSR count). The van der Waals surface area contributed by atoms with Gasteiger partial charge in [0.25, 0.3) is 0 Å². The molecule has 0 saturated heterocycles. The zero-order valence-electron chi connectivity index (χ0n) is 12.7. The van der Waals surface area contributed by atoms with Crippen molar-refractivity contribution >= 4 is 51.6 Å². The molecule has 2 aromatic rings. The number of rotatable bonds is 5. The standard InChI is InChI=1S/C15H20BrN5.HI/c1-11(2)12-4-3-5-14(8-12)20-15(17)18-6-7-21-10-13(16)9-19-21;/h3-5,8-11H,6-7H2,1-2H3,(H3,17,18,20);1H. The third kappa shape index (κ3) is 5.96. The highest BCUT2D eigenvalue weighted by molar-refractivity contribution is 14.0. The van der Waals surface area contributed by atoms with Gasteiger partial charge in [0.2, 0.25) is 0 Å². The smallest absolute Gasteiger partial charge is 0.193 e. The van der Waals surface area contributed by atoms with Gasteiger partial charge in [-0.3, -0.25) is 9.67 Å². The van der Waals surface area contributed by atoms with Gasteiger partial charge in [-0.05, 0) is 39.5 Å². The van der Waals surface area contributed by atoms with Gasteiger partial charge < -0.3 is 11.1 Å². The number of hydrogen-bond acceptors (Lipinski definition) is 2. The molecule has 1 heterocycles. The highest BCUT2D eigenvalue weighted by atomic mass is 127. The second-order valence-electron chi connectivity index (χ2n) is 5.09. The number of benzene rings is 1. The van der Waals surface area contributed by atoms with Crippen LogP contribution in [0.15, 0.2) is 46.1 Å². The van der Waals surface area contributed by atoms with Gasteiger partial charge in [0.1, 0.15) is 0 Å². The van der Waals surface area contributed by atoms with Crippen LogP contribution in [0.3, 0.4) is 0 Å². The topological polar surface area (TPSA) is 68.2 Å². The second-order valence-corrected chi connectivity index (χ2v) is 6.01. The molecule has 3 N–H and O–H groups in total. The van der Waals surface area contributed by atoms with E-state index in [1.54, 1.807) is 6.20 Å². The normalized spacial score (nSPS) is 11.4. The van der Waals surface area contributed by atoms with Crippen molar-refractivity contribution in [2.45, 2.75) is 26.3 Å². The van der Waals surface area contributed by atoms with Crippen LogP contribution in [0.4, 0.5) is 5.69 Å². The fourth-order valence-corrected chi connectivity index (χ4v) is 2.22. The minimum absolute atomic E-state index is 0. The van der Waals surface area contributed by atoms with E-state index < -0.39 is 0 Å². The number of aliphatic imine (C=N–C) groups is 1. The molecule has 120 valence electrons. The Labute approximate surface area is 156 Å². The molecular weight excluding hydrogens is 457 g/mol. The minimum Gasteiger partial charge on any atom is -0.370 e. The van der Waals surface area contributed by atoms with E-state index >= 15 is 0 Å². The number of nitrogens with zero attached hydrogens (tertiary/aromatic N) is 3. The fourth-order valence-electron chi connectivity index (χ4n) is 1.90. The summed E-state index contributed by atoms with van der Waals surface area (Å²) in [5.74, 6) is 0.908. The van der Waals surface area contributed by atoms with Gasteiger partial charge in [0.05, 0.1) is 23.8 Å². The SMILES string of the molecule is CC(C)c1cccc(NC(N)=NCCn2cc(Br)cn2)c1.I. The molecule has 0 fully saturated rings. The van der Waals surface area contributed by atoms with Gasteiger partial charge in [-0.2, -0.15) is 5.10 Å². The van der Waals surface area contributed by atoms with Crippen LogP contribution in [-0.2, 0) is 6.54 Å². The first-order chi connectivity index (χ1) is 10.0. The van der Waals surface area contributed by atoms with Gasteiger partial charge in [0.15, 0.2) is 5.96 Å². The third-order valence-electron chi connectivity index (χ3n) is 3.04. The number of nitrogens with one attached hydrogen (secondary N) is 1. The highest BCUT2D eigenvalue weighted by Crippen LogP contribution is 2.18. The Hall–Kier alpha value is -1.09. The molecule has 0 spiro atoms. The van der Waals surface area contributed by atoms with Crippen molar-refractivity contribution in [2.24, 2.45) is 10.7 Å². The van der Waals surface area contributed by atoms with E-state index in [4.69, 9.17) is 5.73 Å². The molecular formula is C15H21BrIN5.